The van der Waals surface area contributed by atoms with Crippen molar-refractivity contribution in [3.05, 3.63) is 0 Å². The number of methoxy groups -OCH3 is 1. The van der Waals surface area contributed by atoms with Crippen LogP contribution < -0.4 is 0 Å². The van der Waals surface area contributed by atoms with E-state index in [4.69, 9.17) is 0 Å². The molecule has 1 radical (unpaired) electrons. The van der Waals surface area contributed by atoms with Gasteiger partial charge in [0.15, 0.2) is 5.79 Å². The Kier molecular flexibility index (Phi) is 2.26. The molecular formula is C5H11O2. The smallest absolute Gasteiger partial charge is 0.198 e. The molecule has 2 heteroatoms. The average molecular weight is 103 g/mol. The molecule has 0 saturated heterocycles. The summed E-state index contributed by atoms with van der Waals surface area (Å²) in [5, 5.41) is 10.6. The van der Waals surface area contributed by atoms with Gasteiger partial charge < -0.3 is 4.74 Å². The second kappa shape index (κ2) is 2.28. The van der Waals surface area contributed by atoms with Crippen LogP contribution in [0.4, 0.5) is 0 Å². The van der Waals surface area contributed by atoms with Gasteiger partial charge in [0.05, 0.1) is 0 Å². The predicted molar refractivity (Wildman–Crippen MR) is 26.4 cm³/mol. The van der Waals surface area contributed by atoms with E-state index in [1.807, 2.05) is 0 Å². The van der Waals surface area contributed by atoms with Crippen LogP contribution in [0.5, 0.6) is 0 Å². The lowest BCUT2D eigenvalue weighted by Crippen LogP contribution is -2.22. The Morgan fingerprint density at radius 1 is 1.71 bits per heavy atom. The highest BCUT2D eigenvalue weighted by molar-refractivity contribution is 4.51. The fourth-order valence-electron chi connectivity index (χ4n) is 0.144. The minimum atomic E-state index is -1.17. The normalized spacial score (nSPS) is 18.9. The molecule has 0 bridgehead atoms. The van der Waals surface area contributed by atoms with Crippen molar-refractivity contribution in [2.24, 2.45) is 0 Å². The molecule has 0 heterocycles. The molecule has 1 unspecified atom stereocenters. The zero-order valence-electron chi connectivity index (χ0n) is 5.02. The van der Waals surface area contributed by atoms with Crippen LogP contribution in [0.1, 0.15) is 20.3 Å². The van der Waals surface area contributed by atoms with Gasteiger partial charge >= 0.3 is 0 Å². The van der Waals surface area contributed by atoms with Gasteiger partial charge in [-0.05, 0) is 6.92 Å². The van der Waals surface area contributed by atoms with Crippen molar-refractivity contribution in [1.29, 1.82) is 0 Å². The lowest BCUT2D eigenvalue weighted by atomic mass is 10.2. The maximum absolute atomic E-state index is 10.6. The van der Waals surface area contributed by atoms with Gasteiger partial charge in [-0.15, -0.1) is 0 Å². The first-order valence-corrected chi connectivity index (χ1v) is 2.38. The van der Waals surface area contributed by atoms with Crippen LogP contribution in [0.3, 0.4) is 0 Å². The summed E-state index contributed by atoms with van der Waals surface area (Å²) in [6.07, 6.45) is 0.517. The second-order valence-electron chi connectivity index (χ2n) is 1.69. The minimum Gasteiger partial charge on any atom is -0.351 e. The third-order valence-electron chi connectivity index (χ3n) is 1.07. The van der Waals surface area contributed by atoms with E-state index in [9.17, 15) is 5.11 Å². The van der Waals surface area contributed by atoms with Crippen LogP contribution in [0.25, 0.3) is 0 Å². The molecule has 2 nitrogen and oxygen atoms in total. The van der Waals surface area contributed by atoms with Crippen molar-refractivity contribution in [3.8, 4) is 0 Å². The summed E-state index contributed by atoms with van der Waals surface area (Å²) in [6.45, 7) is 3.32. The summed E-state index contributed by atoms with van der Waals surface area (Å²) < 4.78 is 4.53. The summed E-state index contributed by atoms with van der Waals surface area (Å²) in [4.78, 5) is 0. The van der Waals surface area contributed by atoms with Crippen LogP contribution in [-0.2, 0) is 9.84 Å². The predicted octanol–water partition coefficient (Wildman–Crippen LogP) is 1.19. The summed E-state index contributed by atoms with van der Waals surface area (Å²) >= 11 is 0. The molecule has 0 rings (SSSR count). The molecule has 0 aromatic heterocycles. The average Bonchev–Trinajstić information content (AvgIpc) is 1.68. The lowest BCUT2D eigenvalue weighted by Gasteiger charge is -2.14. The fraction of sp³-hybridized carbons (Fsp3) is 1.00. The zero-order chi connectivity index (χ0) is 5.91. The molecule has 0 spiro atoms. The van der Waals surface area contributed by atoms with Crippen molar-refractivity contribution >= 4 is 0 Å². The van der Waals surface area contributed by atoms with Gasteiger partial charge in [0, 0.05) is 13.5 Å². The molecule has 0 aliphatic heterocycles. The zero-order valence-corrected chi connectivity index (χ0v) is 5.02. The highest BCUT2D eigenvalue weighted by Crippen LogP contribution is 2.07. The van der Waals surface area contributed by atoms with E-state index in [0.29, 0.717) is 6.42 Å². The molecule has 0 fully saturated rings. The quantitative estimate of drug-likeness (QED) is 0.482. The lowest BCUT2D eigenvalue weighted by molar-refractivity contribution is -0.212. The third-order valence-corrected chi connectivity index (χ3v) is 1.07. The van der Waals surface area contributed by atoms with Crippen LogP contribution in [0, 0.1) is 0 Å². The Bertz CT molecular complexity index is 44.0. The van der Waals surface area contributed by atoms with Crippen molar-refractivity contribution in [2.75, 3.05) is 7.11 Å². The molecule has 0 amide bonds. The van der Waals surface area contributed by atoms with Gasteiger partial charge in [0.2, 0.25) is 0 Å². The Hall–Kier alpha value is -0.0800. The molecule has 7 heavy (non-hydrogen) atoms. The third kappa shape index (κ3) is 2.60. The first-order valence-electron chi connectivity index (χ1n) is 2.38. The first-order chi connectivity index (χ1) is 3.12. The van der Waals surface area contributed by atoms with E-state index in [1.54, 1.807) is 6.92 Å². The van der Waals surface area contributed by atoms with Gasteiger partial charge in [0.25, 0.3) is 0 Å². The fourth-order valence-corrected chi connectivity index (χ4v) is 0.144. The molecule has 0 N–H and O–H groups in total. The number of ether oxygens (including phenoxy) is 1. The first kappa shape index (κ1) is 6.92. The summed E-state index contributed by atoms with van der Waals surface area (Å²) in [7, 11) is 1.43. The Morgan fingerprint density at radius 3 is 2.14 bits per heavy atom. The number of hydrogen-bond acceptors (Lipinski definition) is 1. The van der Waals surface area contributed by atoms with Crippen LogP contribution >= 0.6 is 0 Å². The van der Waals surface area contributed by atoms with Gasteiger partial charge in [0.1, 0.15) is 0 Å². The molecule has 0 aromatic carbocycles. The van der Waals surface area contributed by atoms with Crippen molar-refractivity contribution in [3.63, 3.8) is 0 Å². The Balaban J connectivity index is 3.36. The molecule has 1 atom stereocenters. The van der Waals surface area contributed by atoms with E-state index < -0.39 is 5.79 Å². The molecule has 43 valence electrons. The van der Waals surface area contributed by atoms with Crippen LogP contribution in [-0.4, -0.2) is 12.9 Å². The van der Waals surface area contributed by atoms with E-state index in [-0.39, 0.29) is 0 Å². The largest absolute Gasteiger partial charge is 0.351 e. The number of hydrogen-bond donors (Lipinski definition) is 0. The van der Waals surface area contributed by atoms with Crippen LogP contribution in [0.15, 0.2) is 0 Å². The van der Waals surface area contributed by atoms with Crippen molar-refractivity contribution in [1.82, 2.24) is 0 Å². The Labute approximate surface area is 44.1 Å². The molecule has 0 aliphatic rings. The van der Waals surface area contributed by atoms with E-state index in [0.717, 1.165) is 0 Å². The SMILES string of the molecule is CCC(C)([O])OC. The monoisotopic (exact) mass is 103 g/mol. The van der Waals surface area contributed by atoms with Gasteiger partial charge in [-0.1, -0.05) is 6.92 Å². The second-order valence-corrected chi connectivity index (χ2v) is 1.69. The van der Waals surface area contributed by atoms with E-state index in [2.05, 4.69) is 4.74 Å². The maximum atomic E-state index is 10.6. The van der Waals surface area contributed by atoms with E-state index in [1.165, 1.54) is 14.0 Å². The Morgan fingerprint density at radius 2 is 2.14 bits per heavy atom. The van der Waals surface area contributed by atoms with E-state index >= 15 is 0 Å². The molecule has 0 aliphatic carbocycles. The highest BCUT2D eigenvalue weighted by atomic mass is 16.6. The summed E-state index contributed by atoms with van der Waals surface area (Å²) in [5.74, 6) is -1.17. The van der Waals surface area contributed by atoms with Crippen molar-refractivity contribution in [2.45, 2.75) is 26.1 Å². The molecule has 0 saturated carbocycles. The van der Waals surface area contributed by atoms with Gasteiger partial charge in [-0.2, -0.15) is 5.11 Å². The highest BCUT2D eigenvalue weighted by Gasteiger charge is 2.16. The van der Waals surface area contributed by atoms with Crippen LogP contribution in [0.2, 0.25) is 0 Å². The summed E-state index contributed by atoms with van der Waals surface area (Å²) in [6, 6.07) is 0. The van der Waals surface area contributed by atoms with Gasteiger partial charge in [-0.3, -0.25) is 0 Å². The minimum absolute atomic E-state index is 0.517. The topological polar surface area (TPSA) is 29.1 Å². The van der Waals surface area contributed by atoms with Gasteiger partial charge in [-0.25, -0.2) is 0 Å². The molecular weight excluding hydrogens is 92.1 g/mol. The number of rotatable bonds is 2. The standard InChI is InChI=1S/C5H11O2/c1-4-5(2,6)7-3/h4H2,1-3H3. The maximum Gasteiger partial charge on any atom is 0.198 e. The van der Waals surface area contributed by atoms with Crippen molar-refractivity contribution < 1.29 is 9.84 Å². The summed E-state index contributed by atoms with van der Waals surface area (Å²) in [5.41, 5.74) is 0. The molecule has 0 aromatic rings.